The van der Waals surface area contributed by atoms with Crippen molar-refractivity contribution >= 4 is 11.8 Å². The highest BCUT2D eigenvalue weighted by molar-refractivity contribution is 5.97. The zero-order valence-electron chi connectivity index (χ0n) is 12.4. The van der Waals surface area contributed by atoms with Crippen molar-refractivity contribution in [1.29, 1.82) is 0 Å². The van der Waals surface area contributed by atoms with Gasteiger partial charge >= 0.3 is 0 Å². The molecule has 1 heterocycles. The second-order valence-corrected chi connectivity index (χ2v) is 6.18. The minimum absolute atomic E-state index is 0.0138. The lowest BCUT2D eigenvalue weighted by atomic mass is 9.84. The van der Waals surface area contributed by atoms with Gasteiger partial charge in [0, 0.05) is 6.04 Å². The van der Waals surface area contributed by atoms with Gasteiger partial charge in [-0.2, -0.15) is 0 Å². The van der Waals surface area contributed by atoms with Crippen LogP contribution in [0.2, 0.25) is 0 Å². The molecule has 3 unspecified atom stereocenters. The summed E-state index contributed by atoms with van der Waals surface area (Å²) in [5.41, 5.74) is -0.0288. The maximum absolute atomic E-state index is 12.5. The van der Waals surface area contributed by atoms with Crippen LogP contribution in [0.15, 0.2) is 0 Å². The lowest BCUT2D eigenvalue weighted by Crippen LogP contribution is -2.66. The molecule has 0 spiro atoms. The average molecular weight is 254 g/mol. The molecule has 2 amide bonds. The molecule has 0 aromatic rings. The van der Waals surface area contributed by atoms with Crippen LogP contribution < -0.4 is 5.32 Å². The van der Waals surface area contributed by atoms with Crippen LogP contribution in [0.5, 0.6) is 0 Å². The molecule has 1 saturated heterocycles. The molecule has 1 aliphatic heterocycles. The molecule has 0 saturated carbocycles. The zero-order valence-corrected chi connectivity index (χ0v) is 12.4. The lowest BCUT2D eigenvalue weighted by molar-refractivity contribution is -0.154. The molecule has 1 rings (SSSR count). The molecular formula is C14H26N2O2. The summed E-state index contributed by atoms with van der Waals surface area (Å²) in [6, 6.07) is -0.630. The van der Waals surface area contributed by atoms with Gasteiger partial charge in [-0.25, -0.2) is 0 Å². The van der Waals surface area contributed by atoms with Gasteiger partial charge in [0.15, 0.2) is 0 Å². The minimum Gasteiger partial charge on any atom is -0.343 e. The molecule has 104 valence electrons. The van der Waals surface area contributed by atoms with Gasteiger partial charge in [-0.1, -0.05) is 34.6 Å². The third-order valence-corrected chi connectivity index (χ3v) is 3.97. The number of rotatable bonds is 3. The Morgan fingerprint density at radius 3 is 2.17 bits per heavy atom. The van der Waals surface area contributed by atoms with E-state index in [-0.39, 0.29) is 35.4 Å². The van der Waals surface area contributed by atoms with Gasteiger partial charge in [-0.3, -0.25) is 9.59 Å². The first kappa shape index (κ1) is 15.0. The summed E-state index contributed by atoms with van der Waals surface area (Å²) in [7, 11) is 0. The molecule has 4 nitrogen and oxygen atoms in total. The van der Waals surface area contributed by atoms with Crippen molar-refractivity contribution in [2.45, 2.75) is 72.5 Å². The van der Waals surface area contributed by atoms with Crippen LogP contribution in [0.4, 0.5) is 0 Å². The van der Waals surface area contributed by atoms with Gasteiger partial charge in [0.2, 0.25) is 11.8 Å². The number of carbonyl (C=O) groups is 2. The summed E-state index contributed by atoms with van der Waals surface area (Å²) in [5, 5.41) is 2.82. The number of nitrogens with zero attached hydrogens (tertiary/aromatic N) is 1. The molecule has 0 radical (unpaired) electrons. The standard InChI is InChI=1S/C14H26N2O2/c1-7-10-13(18)16(9(3)14(4,5)6)11(8-2)12(17)15-10/h9-11H,7-8H2,1-6H3,(H,15,17). The summed E-state index contributed by atoms with van der Waals surface area (Å²) >= 11 is 0. The van der Waals surface area contributed by atoms with E-state index in [1.165, 1.54) is 0 Å². The molecule has 1 N–H and O–H groups in total. The van der Waals surface area contributed by atoms with Gasteiger partial charge in [0.25, 0.3) is 0 Å². The molecule has 4 heteroatoms. The summed E-state index contributed by atoms with van der Waals surface area (Å²) < 4.78 is 0. The molecule has 0 bridgehead atoms. The number of piperazine rings is 1. The maximum Gasteiger partial charge on any atom is 0.246 e. The van der Waals surface area contributed by atoms with E-state index in [0.717, 1.165) is 0 Å². The van der Waals surface area contributed by atoms with E-state index < -0.39 is 0 Å². The van der Waals surface area contributed by atoms with Crippen LogP contribution in [0.3, 0.4) is 0 Å². The second kappa shape index (κ2) is 5.29. The van der Waals surface area contributed by atoms with Crippen LogP contribution in [-0.2, 0) is 9.59 Å². The summed E-state index contributed by atoms with van der Waals surface area (Å²) in [5.74, 6) is 0.0476. The van der Waals surface area contributed by atoms with Crippen molar-refractivity contribution in [2.24, 2.45) is 5.41 Å². The number of amides is 2. The van der Waals surface area contributed by atoms with Crippen molar-refractivity contribution in [2.75, 3.05) is 0 Å². The van der Waals surface area contributed by atoms with Crippen molar-refractivity contribution in [3.8, 4) is 0 Å². The van der Waals surface area contributed by atoms with E-state index >= 15 is 0 Å². The van der Waals surface area contributed by atoms with E-state index in [1.807, 2.05) is 20.8 Å². The fourth-order valence-electron chi connectivity index (χ4n) is 2.33. The van der Waals surface area contributed by atoms with Gasteiger partial charge in [0.05, 0.1) is 0 Å². The highest BCUT2D eigenvalue weighted by atomic mass is 16.2. The Morgan fingerprint density at radius 1 is 1.22 bits per heavy atom. The first-order valence-electron chi connectivity index (χ1n) is 6.86. The molecule has 0 aliphatic carbocycles. The van der Waals surface area contributed by atoms with Gasteiger partial charge in [0.1, 0.15) is 12.1 Å². The van der Waals surface area contributed by atoms with E-state index in [9.17, 15) is 9.59 Å². The number of hydrogen-bond acceptors (Lipinski definition) is 2. The highest BCUT2D eigenvalue weighted by Crippen LogP contribution is 2.29. The van der Waals surface area contributed by atoms with E-state index in [4.69, 9.17) is 0 Å². The second-order valence-electron chi connectivity index (χ2n) is 6.18. The number of hydrogen-bond donors (Lipinski definition) is 1. The van der Waals surface area contributed by atoms with E-state index in [2.05, 4.69) is 26.1 Å². The van der Waals surface area contributed by atoms with Crippen molar-refractivity contribution in [3.63, 3.8) is 0 Å². The topological polar surface area (TPSA) is 49.4 Å². The Morgan fingerprint density at radius 2 is 1.78 bits per heavy atom. The summed E-state index contributed by atoms with van der Waals surface area (Å²) in [4.78, 5) is 26.3. The van der Waals surface area contributed by atoms with Crippen molar-refractivity contribution in [3.05, 3.63) is 0 Å². The molecule has 1 aliphatic rings. The summed E-state index contributed by atoms with van der Waals surface area (Å²) in [6.07, 6.45) is 1.31. The Labute approximate surface area is 110 Å². The fourth-order valence-corrected chi connectivity index (χ4v) is 2.33. The Bertz CT molecular complexity index is 333. The third kappa shape index (κ3) is 2.68. The van der Waals surface area contributed by atoms with E-state index in [0.29, 0.717) is 12.8 Å². The minimum atomic E-state index is -0.356. The average Bonchev–Trinajstić information content (AvgIpc) is 2.28. The number of nitrogens with one attached hydrogen (secondary N) is 1. The van der Waals surface area contributed by atoms with Crippen LogP contribution in [0.1, 0.15) is 54.4 Å². The van der Waals surface area contributed by atoms with Gasteiger partial charge < -0.3 is 10.2 Å². The first-order chi connectivity index (χ1) is 8.23. The van der Waals surface area contributed by atoms with Gasteiger partial charge in [-0.15, -0.1) is 0 Å². The van der Waals surface area contributed by atoms with Crippen LogP contribution >= 0.6 is 0 Å². The monoisotopic (exact) mass is 254 g/mol. The van der Waals surface area contributed by atoms with Crippen LogP contribution in [-0.4, -0.2) is 34.8 Å². The largest absolute Gasteiger partial charge is 0.343 e. The Kier molecular flexibility index (Phi) is 4.41. The fraction of sp³-hybridized carbons (Fsp3) is 0.857. The number of carbonyl (C=O) groups excluding carboxylic acids is 2. The smallest absolute Gasteiger partial charge is 0.246 e. The van der Waals surface area contributed by atoms with Crippen molar-refractivity contribution in [1.82, 2.24) is 10.2 Å². The van der Waals surface area contributed by atoms with Gasteiger partial charge in [-0.05, 0) is 25.2 Å². The van der Waals surface area contributed by atoms with E-state index in [1.54, 1.807) is 4.90 Å². The zero-order chi connectivity index (χ0) is 14.1. The molecule has 18 heavy (non-hydrogen) atoms. The SMILES string of the molecule is CCC1NC(=O)C(CC)N(C(C)C(C)(C)C)C1=O. The quantitative estimate of drug-likeness (QED) is 0.836. The molecule has 0 aromatic heterocycles. The molecule has 0 aromatic carbocycles. The molecular weight excluding hydrogens is 228 g/mol. The highest BCUT2D eigenvalue weighted by Gasteiger charge is 2.43. The summed E-state index contributed by atoms with van der Waals surface area (Å²) in [6.45, 7) is 12.2. The third-order valence-electron chi connectivity index (χ3n) is 3.97. The first-order valence-corrected chi connectivity index (χ1v) is 6.86. The normalized spacial score (nSPS) is 27.1. The maximum atomic E-state index is 12.5. The Hall–Kier alpha value is -1.06. The van der Waals surface area contributed by atoms with Crippen molar-refractivity contribution < 1.29 is 9.59 Å². The molecule has 3 atom stereocenters. The Balaban J connectivity index is 3.08. The predicted octanol–water partition coefficient (Wildman–Crippen LogP) is 1.94. The van der Waals surface area contributed by atoms with Crippen LogP contribution in [0.25, 0.3) is 0 Å². The van der Waals surface area contributed by atoms with Crippen LogP contribution in [0, 0.1) is 5.41 Å². The predicted molar refractivity (Wildman–Crippen MR) is 72.1 cm³/mol. The molecule has 1 fully saturated rings. The lowest BCUT2D eigenvalue weighted by Gasteiger charge is -2.46.